The van der Waals surface area contributed by atoms with Gasteiger partial charge in [0.2, 0.25) is 0 Å². The molecule has 2 N–H and O–H groups in total. The summed E-state index contributed by atoms with van der Waals surface area (Å²) >= 11 is 0. The molecule has 2 unspecified atom stereocenters. The van der Waals surface area contributed by atoms with E-state index in [1.165, 1.54) is 12.8 Å². The van der Waals surface area contributed by atoms with Gasteiger partial charge in [0.1, 0.15) is 5.75 Å². The fourth-order valence-electron chi connectivity index (χ4n) is 2.96. The van der Waals surface area contributed by atoms with Crippen LogP contribution in [0.1, 0.15) is 26.2 Å². The van der Waals surface area contributed by atoms with Crippen LogP contribution in [0.4, 0.5) is 11.4 Å². The smallest absolute Gasteiger partial charge is 0.144 e. The molecular weight excluding hydrogens is 240 g/mol. The standard InChI is InChI=1S/C15H22N2O2/c1-2-8-18-14-5-3-4-13(15(14)16)17-9-11-6-7-12(10-17)19-11/h3-5,11-12H,2,6-10,16H2,1H3. The molecule has 0 spiro atoms. The SMILES string of the molecule is CCCOc1cccc(N2CC3CCC(C2)O3)c1N. The normalized spacial score (nSPS) is 25.6. The third-order valence-corrected chi connectivity index (χ3v) is 3.89. The third-order valence-electron chi connectivity index (χ3n) is 3.89. The van der Waals surface area contributed by atoms with Gasteiger partial charge in [-0.15, -0.1) is 0 Å². The molecule has 2 fully saturated rings. The van der Waals surface area contributed by atoms with Gasteiger partial charge in [0.15, 0.2) is 0 Å². The molecule has 2 atom stereocenters. The first kappa shape index (κ1) is 12.6. The van der Waals surface area contributed by atoms with Crippen molar-refractivity contribution < 1.29 is 9.47 Å². The fraction of sp³-hybridized carbons (Fsp3) is 0.600. The van der Waals surface area contributed by atoms with Gasteiger partial charge in [0.25, 0.3) is 0 Å². The second-order valence-corrected chi connectivity index (χ2v) is 5.40. The molecule has 0 radical (unpaired) electrons. The summed E-state index contributed by atoms with van der Waals surface area (Å²) in [7, 11) is 0. The molecule has 3 rings (SSSR count). The third kappa shape index (κ3) is 2.50. The van der Waals surface area contributed by atoms with Crippen LogP contribution in [0.5, 0.6) is 5.75 Å². The number of rotatable bonds is 4. The summed E-state index contributed by atoms with van der Waals surface area (Å²) < 4.78 is 11.6. The Hall–Kier alpha value is -1.42. The highest BCUT2D eigenvalue weighted by Crippen LogP contribution is 2.36. The zero-order chi connectivity index (χ0) is 13.2. The van der Waals surface area contributed by atoms with Crippen LogP contribution in [-0.2, 0) is 4.74 Å². The summed E-state index contributed by atoms with van der Waals surface area (Å²) in [5.41, 5.74) is 8.11. The van der Waals surface area contributed by atoms with Crippen LogP contribution in [0.25, 0.3) is 0 Å². The Bertz CT molecular complexity index is 438. The average Bonchev–Trinajstić information content (AvgIpc) is 2.76. The highest BCUT2D eigenvalue weighted by Gasteiger charge is 2.34. The summed E-state index contributed by atoms with van der Waals surface area (Å²) in [6, 6.07) is 6.05. The van der Waals surface area contributed by atoms with Crippen molar-refractivity contribution in [3.8, 4) is 5.75 Å². The molecular formula is C15H22N2O2. The minimum Gasteiger partial charge on any atom is -0.491 e. The first-order valence-electron chi connectivity index (χ1n) is 7.19. The fourth-order valence-corrected chi connectivity index (χ4v) is 2.96. The van der Waals surface area contributed by atoms with Crippen LogP contribution in [-0.4, -0.2) is 31.9 Å². The largest absolute Gasteiger partial charge is 0.491 e. The van der Waals surface area contributed by atoms with Crippen LogP contribution in [0, 0.1) is 0 Å². The van der Waals surface area contributed by atoms with Crippen LogP contribution in [0.2, 0.25) is 0 Å². The Morgan fingerprint density at radius 3 is 2.74 bits per heavy atom. The number of ether oxygens (including phenoxy) is 2. The molecule has 0 saturated carbocycles. The van der Waals surface area contributed by atoms with Gasteiger partial charge >= 0.3 is 0 Å². The summed E-state index contributed by atoms with van der Waals surface area (Å²) in [6.07, 6.45) is 4.09. The molecule has 2 aliphatic heterocycles. The van der Waals surface area contributed by atoms with Gasteiger partial charge in [-0.05, 0) is 31.4 Å². The molecule has 0 aromatic heterocycles. The molecule has 104 valence electrons. The van der Waals surface area contributed by atoms with Gasteiger partial charge in [-0.3, -0.25) is 0 Å². The van der Waals surface area contributed by atoms with E-state index in [1.807, 2.05) is 12.1 Å². The summed E-state index contributed by atoms with van der Waals surface area (Å²) in [5, 5.41) is 0. The van der Waals surface area contributed by atoms with Gasteiger partial charge in [-0.2, -0.15) is 0 Å². The highest BCUT2D eigenvalue weighted by atomic mass is 16.5. The number of para-hydroxylation sites is 1. The molecule has 4 nitrogen and oxygen atoms in total. The van der Waals surface area contributed by atoms with Crippen molar-refractivity contribution in [1.82, 2.24) is 0 Å². The van der Waals surface area contributed by atoms with Gasteiger partial charge in [0, 0.05) is 13.1 Å². The van der Waals surface area contributed by atoms with Gasteiger partial charge in [-0.25, -0.2) is 0 Å². The van der Waals surface area contributed by atoms with Gasteiger partial charge < -0.3 is 20.1 Å². The monoisotopic (exact) mass is 262 g/mol. The van der Waals surface area contributed by atoms with E-state index in [-0.39, 0.29) is 0 Å². The minimum absolute atomic E-state index is 0.373. The lowest BCUT2D eigenvalue weighted by molar-refractivity contribution is 0.0305. The molecule has 2 aliphatic rings. The Morgan fingerprint density at radius 1 is 1.32 bits per heavy atom. The molecule has 4 heteroatoms. The van der Waals surface area contributed by atoms with E-state index >= 15 is 0 Å². The predicted molar refractivity (Wildman–Crippen MR) is 76.7 cm³/mol. The van der Waals surface area contributed by atoms with Crippen molar-refractivity contribution in [2.24, 2.45) is 0 Å². The van der Waals surface area contributed by atoms with Crippen LogP contribution in [0.3, 0.4) is 0 Å². The lowest BCUT2D eigenvalue weighted by atomic mass is 10.2. The number of hydrogen-bond donors (Lipinski definition) is 1. The van der Waals surface area contributed by atoms with Crippen molar-refractivity contribution in [2.75, 3.05) is 30.3 Å². The summed E-state index contributed by atoms with van der Waals surface area (Å²) in [4.78, 5) is 2.35. The maximum absolute atomic E-state index is 6.26. The minimum atomic E-state index is 0.373. The van der Waals surface area contributed by atoms with E-state index in [2.05, 4.69) is 17.9 Å². The maximum Gasteiger partial charge on any atom is 0.144 e. The molecule has 1 aromatic rings. The Morgan fingerprint density at radius 2 is 2.05 bits per heavy atom. The zero-order valence-corrected chi connectivity index (χ0v) is 11.5. The van der Waals surface area contributed by atoms with Crippen molar-refractivity contribution in [1.29, 1.82) is 0 Å². The first-order valence-corrected chi connectivity index (χ1v) is 7.19. The van der Waals surface area contributed by atoms with Gasteiger partial charge in [-0.1, -0.05) is 13.0 Å². The number of benzene rings is 1. The van der Waals surface area contributed by atoms with E-state index in [9.17, 15) is 0 Å². The molecule has 1 aromatic carbocycles. The van der Waals surface area contributed by atoms with E-state index < -0.39 is 0 Å². The molecule has 19 heavy (non-hydrogen) atoms. The van der Waals surface area contributed by atoms with Crippen molar-refractivity contribution in [3.05, 3.63) is 18.2 Å². The number of morpholine rings is 1. The quantitative estimate of drug-likeness (QED) is 0.847. The number of nitrogens with zero attached hydrogens (tertiary/aromatic N) is 1. The predicted octanol–water partition coefficient (Wildman–Crippen LogP) is 2.43. The van der Waals surface area contributed by atoms with E-state index in [4.69, 9.17) is 15.2 Å². The van der Waals surface area contributed by atoms with Crippen molar-refractivity contribution in [3.63, 3.8) is 0 Å². The maximum atomic E-state index is 6.26. The molecule has 2 heterocycles. The highest BCUT2D eigenvalue weighted by molar-refractivity contribution is 5.74. The number of nitrogens with two attached hydrogens (primary N) is 1. The number of anilines is 2. The van der Waals surface area contributed by atoms with Crippen LogP contribution >= 0.6 is 0 Å². The van der Waals surface area contributed by atoms with E-state index in [0.717, 1.165) is 36.6 Å². The van der Waals surface area contributed by atoms with E-state index in [0.29, 0.717) is 18.8 Å². The van der Waals surface area contributed by atoms with E-state index in [1.54, 1.807) is 0 Å². The lowest BCUT2D eigenvalue weighted by Gasteiger charge is -2.34. The van der Waals surface area contributed by atoms with Crippen molar-refractivity contribution in [2.45, 2.75) is 38.4 Å². The second kappa shape index (κ2) is 5.29. The Labute approximate surface area is 114 Å². The topological polar surface area (TPSA) is 47.7 Å². The molecule has 2 bridgehead atoms. The van der Waals surface area contributed by atoms with Crippen LogP contribution < -0.4 is 15.4 Å². The zero-order valence-electron chi connectivity index (χ0n) is 11.5. The molecule has 0 amide bonds. The lowest BCUT2D eigenvalue weighted by Crippen LogP contribution is -2.42. The molecule has 0 aliphatic carbocycles. The first-order chi connectivity index (χ1) is 9.28. The second-order valence-electron chi connectivity index (χ2n) is 5.40. The number of nitrogen functional groups attached to an aromatic ring is 1. The Balaban J connectivity index is 1.80. The van der Waals surface area contributed by atoms with Crippen LogP contribution in [0.15, 0.2) is 18.2 Å². The van der Waals surface area contributed by atoms with Gasteiger partial charge in [0.05, 0.1) is 30.2 Å². The van der Waals surface area contributed by atoms with Crippen molar-refractivity contribution >= 4 is 11.4 Å². The molecule has 2 saturated heterocycles. The summed E-state index contributed by atoms with van der Waals surface area (Å²) in [6.45, 7) is 4.69. The number of fused-ring (bicyclic) bond motifs is 2. The average molecular weight is 262 g/mol. The number of hydrogen-bond acceptors (Lipinski definition) is 4. The summed E-state index contributed by atoms with van der Waals surface area (Å²) in [5.74, 6) is 0.804. The Kier molecular flexibility index (Phi) is 3.51.